The van der Waals surface area contributed by atoms with E-state index in [1.54, 1.807) is 0 Å². The minimum absolute atomic E-state index is 0.0620. The highest BCUT2D eigenvalue weighted by atomic mass is 16.5. The maximum atomic E-state index is 8.51. The molecule has 0 aliphatic heterocycles. The normalized spacial score (nSPS) is 10.3. The fraction of sp³-hybridized carbons (Fsp3) is 0.455. The van der Waals surface area contributed by atoms with E-state index in [4.69, 9.17) is 15.6 Å². The zero-order chi connectivity index (χ0) is 11.1. The maximum absolute atomic E-state index is 8.51. The Kier molecular flexibility index (Phi) is 4.93. The van der Waals surface area contributed by atoms with Crippen LogP contribution in [-0.4, -0.2) is 31.5 Å². The zero-order valence-electron chi connectivity index (χ0n) is 8.99. The van der Waals surface area contributed by atoms with Gasteiger partial charge in [-0.25, -0.2) is 0 Å². The van der Waals surface area contributed by atoms with Crippen molar-refractivity contribution in [2.75, 3.05) is 37.4 Å². The molecule has 0 aliphatic rings. The smallest absolute Gasteiger partial charge is 0.0698 e. The molecule has 0 saturated heterocycles. The molecule has 4 heteroatoms. The first kappa shape index (κ1) is 11.8. The van der Waals surface area contributed by atoms with E-state index in [0.717, 1.165) is 16.9 Å². The highest BCUT2D eigenvalue weighted by Gasteiger charge is 2.00. The van der Waals surface area contributed by atoms with Crippen LogP contribution >= 0.6 is 0 Å². The molecular formula is C11H18N2O2. The summed E-state index contributed by atoms with van der Waals surface area (Å²) in [6.07, 6.45) is 0. The number of anilines is 2. The Morgan fingerprint density at radius 1 is 1.40 bits per heavy atom. The van der Waals surface area contributed by atoms with Crippen molar-refractivity contribution in [2.24, 2.45) is 0 Å². The van der Waals surface area contributed by atoms with Crippen molar-refractivity contribution in [2.45, 2.75) is 6.92 Å². The Morgan fingerprint density at radius 2 is 2.20 bits per heavy atom. The van der Waals surface area contributed by atoms with Crippen LogP contribution in [0.5, 0.6) is 0 Å². The first-order chi connectivity index (χ1) is 7.25. The minimum Gasteiger partial charge on any atom is -0.397 e. The van der Waals surface area contributed by atoms with Crippen LogP contribution in [0.4, 0.5) is 11.4 Å². The monoisotopic (exact) mass is 210 g/mol. The number of aliphatic hydroxyl groups excluding tert-OH is 1. The number of aryl methyl sites for hydroxylation is 1. The predicted octanol–water partition coefficient (Wildman–Crippen LogP) is 0.998. The van der Waals surface area contributed by atoms with Crippen LogP contribution < -0.4 is 11.1 Å². The lowest BCUT2D eigenvalue weighted by Gasteiger charge is -2.11. The highest BCUT2D eigenvalue weighted by Crippen LogP contribution is 2.21. The van der Waals surface area contributed by atoms with Gasteiger partial charge in [-0.1, -0.05) is 12.1 Å². The second-order valence-electron chi connectivity index (χ2n) is 3.30. The molecule has 1 aromatic carbocycles. The molecule has 1 rings (SSSR count). The van der Waals surface area contributed by atoms with E-state index >= 15 is 0 Å². The van der Waals surface area contributed by atoms with Crippen LogP contribution in [0, 0.1) is 6.92 Å². The number of hydrogen-bond donors (Lipinski definition) is 3. The van der Waals surface area contributed by atoms with Gasteiger partial charge in [0.1, 0.15) is 0 Å². The van der Waals surface area contributed by atoms with Crippen molar-refractivity contribution >= 4 is 11.4 Å². The molecule has 0 spiro atoms. The largest absolute Gasteiger partial charge is 0.397 e. The zero-order valence-corrected chi connectivity index (χ0v) is 8.99. The van der Waals surface area contributed by atoms with Gasteiger partial charge < -0.3 is 20.9 Å². The van der Waals surface area contributed by atoms with Crippen molar-refractivity contribution in [1.82, 2.24) is 0 Å². The molecule has 0 saturated carbocycles. The topological polar surface area (TPSA) is 67.5 Å². The van der Waals surface area contributed by atoms with E-state index in [1.165, 1.54) is 0 Å². The van der Waals surface area contributed by atoms with Gasteiger partial charge in [-0.3, -0.25) is 0 Å². The lowest BCUT2D eigenvalue weighted by atomic mass is 10.1. The molecule has 0 bridgehead atoms. The van der Waals surface area contributed by atoms with Gasteiger partial charge in [0, 0.05) is 6.54 Å². The molecule has 4 N–H and O–H groups in total. The molecule has 0 aliphatic carbocycles. The minimum atomic E-state index is 0.0620. The molecule has 0 atom stereocenters. The first-order valence-corrected chi connectivity index (χ1v) is 5.03. The lowest BCUT2D eigenvalue weighted by Crippen LogP contribution is -2.13. The van der Waals surface area contributed by atoms with Gasteiger partial charge >= 0.3 is 0 Å². The van der Waals surface area contributed by atoms with Crippen LogP contribution in [0.2, 0.25) is 0 Å². The molecule has 15 heavy (non-hydrogen) atoms. The number of nitrogen functional groups attached to an aromatic ring is 1. The van der Waals surface area contributed by atoms with Gasteiger partial charge in [0.2, 0.25) is 0 Å². The summed E-state index contributed by atoms with van der Waals surface area (Å²) in [4.78, 5) is 0. The van der Waals surface area contributed by atoms with Gasteiger partial charge in [0.05, 0.1) is 31.2 Å². The van der Waals surface area contributed by atoms with Crippen LogP contribution in [0.3, 0.4) is 0 Å². The Labute approximate surface area is 90.1 Å². The van der Waals surface area contributed by atoms with Crippen molar-refractivity contribution in [3.63, 3.8) is 0 Å². The third-order valence-corrected chi connectivity index (χ3v) is 2.09. The number of ether oxygens (including phenoxy) is 1. The number of para-hydroxylation sites is 1. The number of rotatable bonds is 6. The first-order valence-electron chi connectivity index (χ1n) is 5.03. The van der Waals surface area contributed by atoms with Crippen LogP contribution in [-0.2, 0) is 4.74 Å². The predicted molar refractivity (Wildman–Crippen MR) is 62.0 cm³/mol. The highest BCUT2D eigenvalue weighted by molar-refractivity contribution is 5.69. The average Bonchev–Trinajstić information content (AvgIpc) is 2.21. The molecular weight excluding hydrogens is 192 g/mol. The number of nitrogens with one attached hydrogen (secondary N) is 1. The Bertz CT molecular complexity index is 282. The molecule has 0 unspecified atom stereocenters. The van der Waals surface area contributed by atoms with Crippen LogP contribution in [0.1, 0.15) is 5.56 Å². The number of hydrogen-bond acceptors (Lipinski definition) is 4. The summed E-state index contributed by atoms with van der Waals surface area (Å²) >= 11 is 0. The number of nitrogens with two attached hydrogens (primary N) is 1. The van der Waals surface area contributed by atoms with E-state index in [9.17, 15) is 0 Å². The van der Waals surface area contributed by atoms with Crippen molar-refractivity contribution < 1.29 is 9.84 Å². The van der Waals surface area contributed by atoms with Gasteiger partial charge in [-0.15, -0.1) is 0 Å². The molecule has 84 valence electrons. The third kappa shape index (κ3) is 3.77. The summed E-state index contributed by atoms with van der Waals surface area (Å²) < 4.78 is 5.13. The molecule has 0 radical (unpaired) electrons. The second-order valence-corrected chi connectivity index (χ2v) is 3.30. The van der Waals surface area contributed by atoms with E-state index in [-0.39, 0.29) is 6.61 Å². The van der Waals surface area contributed by atoms with Crippen molar-refractivity contribution in [3.8, 4) is 0 Å². The Hall–Kier alpha value is -1.26. The van der Waals surface area contributed by atoms with E-state index in [0.29, 0.717) is 19.8 Å². The van der Waals surface area contributed by atoms with Gasteiger partial charge in [0.25, 0.3) is 0 Å². The quantitative estimate of drug-likeness (QED) is 0.484. The SMILES string of the molecule is Cc1cccc(N)c1NCCOCCO. The summed E-state index contributed by atoms with van der Waals surface area (Å²) in [5.41, 5.74) is 8.65. The summed E-state index contributed by atoms with van der Waals surface area (Å²) in [5, 5.41) is 11.7. The fourth-order valence-corrected chi connectivity index (χ4v) is 1.35. The summed E-state index contributed by atoms with van der Waals surface area (Å²) in [6.45, 7) is 3.70. The van der Waals surface area contributed by atoms with Crippen LogP contribution in [0.25, 0.3) is 0 Å². The van der Waals surface area contributed by atoms with E-state index < -0.39 is 0 Å². The van der Waals surface area contributed by atoms with Gasteiger partial charge in [-0.05, 0) is 18.6 Å². The van der Waals surface area contributed by atoms with E-state index in [2.05, 4.69) is 5.32 Å². The van der Waals surface area contributed by atoms with Crippen LogP contribution in [0.15, 0.2) is 18.2 Å². The lowest BCUT2D eigenvalue weighted by molar-refractivity contribution is 0.0992. The number of aliphatic hydroxyl groups is 1. The summed E-state index contributed by atoms with van der Waals surface area (Å²) in [5.74, 6) is 0. The average molecular weight is 210 g/mol. The third-order valence-electron chi connectivity index (χ3n) is 2.09. The van der Waals surface area contributed by atoms with Gasteiger partial charge in [0.15, 0.2) is 0 Å². The summed E-state index contributed by atoms with van der Waals surface area (Å²) in [6, 6.07) is 5.80. The molecule has 0 aromatic heterocycles. The van der Waals surface area contributed by atoms with E-state index in [1.807, 2.05) is 25.1 Å². The Balaban J connectivity index is 2.37. The molecule has 0 heterocycles. The Morgan fingerprint density at radius 3 is 2.87 bits per heavy atom. The van der Waals surface area contributed by atoms with Crippen molar-refractivity contribution in [3.05, 3.63) is 23.8 Å². The fourth-order valence-electron chi connectivity index (χ4n) is 1.35. The molecule has 0 fully saturated rings. The maximum Gasteiger partial charge on any atom is 0.0698 e. The van der Waals surface area contributed by atoms with Crippen molar-refractivity contribution in [1.29, 1.82) is 0 Å². The van der Waals surface area contributed by atoms with Gasteiger partial charge in [-0.2, -0.15) is 0 Å². The summed E-state index contributed by atoms with van der Waals surface area (Å²) in [7, 11) is 0. The number of benzene rings is 1. The molecule has 4 nitrogen and oxygen atoms in total. The standard InChI is InChI=1S/C11H18N2O2/c1-9-3-2-4-10(12)11(9)13-5-7-15-8-6-14/h2-4,13-14H,5-8,12H2,1H3. The molecule has 1 aromatic rings. The molecule has 0 amide bonds. The second kappa shape index (κ2) is 6.27.